The fraction of sp³-hybridized carbons (Fsp3) is 0.429. The number of fused-ring (bicyclic) bond motifs is 2. The summed E-state index contributed by atoms with van der Waals surface area (Å²) in [6, 6.07) is 15.6. The molecule has 2 aromatic carbocycles. The highest BCUT2D eigenvalue weighted by Gasteiger charge is 2.08. The van der Waals surface area contributed by atoms with Crippen LogP contribution in [0.4, 0.5) is 0 Å². The minimum absolute atomic E-state index is 0. The van der Waals surface area contributed by atoms with Crippen LogP contribution in [0.3, 0.4) is 0 Å². The van der Waals surface area contributed by atoms with Gasteiger partial charge in [-0.2, -0.15) is 0 Å². The second kappa shape index (κ2) is 7.45. The van der Waals surface area contributed by atoms with Crippen molar-refractivity contribution in [2.75, 3.05) is 0 Å². The maximum Gasteiger partial charge on any atom is -0.0273 e. The van der Waals surface area contributed by atoms with Crippen molar-refractivity contribution >= 4 is 0 Å². The van der Waals surface area contributed by atoms with Gasteiger partial charge in [0.15, 0.2) is 0 Å². The Kier molecular flexibility index (Phi) is 5.61. The molecule has 4 rings (SSSR count). The van der Waals surface area contributed by atoms with E-state index in [1.54, 1.807) is 22.3 Å². The van der Waals surface area contributed by atoms with Crippen molar-refractivity contribution < 1.29 is 0 Å². The third-order valence-electron chi connectivity index (χ3n) is 4.51. The lowest BCUT2D eigenvalue weighted by atomic mass is 9.91. The number of rotatable bonds is 0. The normalized spacial score (nSPS) is 15.1. The first-order chi connectivity index (χ1) is 9.83. The van der Waals surface area contributed by atoms with Crippen LogP contribution < -0.4 is 0 Å². The van der Waals surface area contributed by atoms with Crippen LogP contribution in [0.25, 0.3) is 0 Å². The van der Waals surface area contributed by atoms with Crippen molar-refractivity contribution in [1.29, 1.82) is 0 Å². The average molecular weight is 280 g/mol. The molecule has 0 saturated heterocycles. The monoisotopic (exact) mass is 280 g/mol. The van der Waals surface area contributed by atoms with Crippen molar-refractivity contribution in [1.82, 2.24) is 0 Å². The molecule has 0 aliphatic heterocycles. The molecule has 112 valence electrons. The summed E-state index contributed by atoms with van der Waals surface area (Å²) in [6.45, 7) is 2.18. The molecule has 0 radical (unpaired) electrons. The van der Waals surface area contributed by atoms with E-state index in [-0.39, 0.29) is 7.43 Å². The number of benzene rings is 2. The van der Waals surface area contributed by atoms with Crippen molar-refractivity contribution in [2.24, 2.45) is 0 Å². The highest BCUT2D eigenvalue weighted by atomic mass is 14.1. The van der Waals surface area contributed by atoms with E-state index in [2.05, 4.69) is 49.4 Å². The molecule has 0 aromatic heterocycles. The lowest BCUT2D eigenvalue weighted by Gasteiger charge is -2.15. The summed E-state index contributed by atoms with van der Waals surface area (Å²) in [6.07, 6.45) is 9.34. The molecule has 0 nitrogen and oxygen atoms in total. The third kappa shape index (κ3) is 3.97. The first-order valence-corrected chi connectivity index (χ1v) is 7.98. The quantitative estimate of drug-likeness (QED) is 0.582. The van der Waals surface area contributed by atoms with Crippen LogP contribution in [-0.4, -0.2) is 0 Å². The Morgan fingerprint density at radius 3 is 1.81 bits per heavy atom. The summed E-state index contributed by atoms with van der Waals surface area (Å²) in [5.74, 6) is 0. The van der Waals surface area contributed by atoms with Gasteiger partial charge in [-0.15, -0.1) is 0 Å². The first-order valence-electron chi connectivity index (χ1n) is 7.98. The molecule has 0 heteroatoms. The van der Waals surface area contributed by atoms with Crippen LogP contribution in [-0.2, 0) is 25.7 Å². The van der Waals surface area contributed by atoms with Crippen molar-refractivity contribution in [3.8, 4) is 0 Å². The molecule has 0 amide bonds. The molecular formula is C21H28. The van der Waals surface area contributed by atoms with E-state index in [1.807, 2.05) is 0 Å². The minimum atomic E-state index is 0. The zero-order valence-electron chi connectivity index (χ0n) is 12.5. The van der Waals surface area contributed by atoms with Gasteiger partial charge in [0, 0.05) is 0 Å². The highest BCUT2D eigenvalue weighted by Crippen LogP contribution is 2.21. The molecule has 0 bridgehead atoms. The topological polar surface area (TPSA) is 0 Å². The Balaban J connectivity index is 0.000000149. The van der Waals surface area contributed by atoms with Crippen molar-refractivity contribution in [3.05, 3.63) is 70.3 Å². The molecule has 21 heavy (non-hydrogen) atoms. The first kappa shape index (κ1) is 15.8. The van der Waals surface area contributed by atoms with Crippen LogP contribution in [0.15, 0.2) is 42.5 Å². The van der Waals surface area contributed by atoms with Crippen LogP contribution in [0, 0.1) is 6.92 Å². The van der Waals surface area contributed by atoms with Crippen LogP contribution in [0.5, 0.6) is 0 Å². The maximum absolute atomic E-state index is 2.34. The standard InChI is InChI=1S/C11H14.C9H10.CH4/c1-9-6-7-10-4-2-3-5-11(10)8-9;1-2-5-9-7-3-6-8(9)4-1;/h6-8H,2-5H2,1H3;1-2,4-5H,3,6-7H2;1H4. The average Bonchev–Trinajstić information content (AvgIpc) is 2.96. The number of hydrogen-bond acceptors (Lipinski definition) is 0. The third-order valence-corrected chi connectivity index (χ3v) is 4.51. The Morgan fingerprint density at radius 1 is 0.619 bits per heavy atom. The fourth-order valence-corrected chi connectivity index (χ4v) is 3.38. The van der Waals surface area contributed by atoms with Gasteiger partial charge in [-0.25, -0.2) is 0 Å². The Labute approximate surface area is 130 Å². The van der Waals surface area contributed by atoms with Crippen LogP contribution in [0.2, 0.25) is 0 Å². The van der Waals surface area contributed by atoms with Gasteiger partial charge in [-0.3, -0.25) is 0 Å². The summed E-state index contributed by atoms with van der Waals surface area (Å²) < 4.78 is 0. The number of aryl methyl sites for hydroxylation is 5. The second-order valence-electron chi connectivity index (χ2n) is 6.10. The summed E-state index contributed by atoms with van der Waals surface area (Å²) in [7, 11) is 0. The molecule has 0 unspecified atom stereocenters. The molecule has 0 saturated carbocycles. The van der Waals surface area contributed by atoms with E-state index in [0.717, 1.165) is 0 Å². The SMILES string of the molecule is C.Cc1ccc2c(c1)CCCC2.c1ccc2c(c1)CCC2. The lowest BCUT2D eigenvalue weighted by Crippen LogP contribution is -2.01. The van der Waals surface area contributed by atoms with E-state index < -0.39 is 0 Å². The molecular weight excluding hydrogens is 252 g/mol. The minimum Gasteiger partial charge on any atom is -0.0776 e. The summed E-state index contributed by atoms with van der Waals surface area (Å²) in [4.78, 5) is 0. The number of hydrogen-bond donors (Lipinski definition) is 0. The predicted molar refractivity (Wildman–Crippen MR) is 93.0 cm³/mol. The van der Waals surface area contributed by atoms with Gasteiger partial charge in [0.2, 0.25) is 0 Å². The van der Waals surface area contributed by atoms with E-state index in [9.17, 15) is 0 Å². The lowest BCUT2D eigenvalue weighted by molar-refractivity contribution is 0.685. The van der Waals surface area contributed by atoms with E-state index in [1.165, 1.54) is 50.5 Å². The molecule has 2 aromatic rings. The molecule has 2 aliphatic carbocycles. The van der Waals surface area contributed by atoms with Gasteiger partial charge in [0.1, 0.15) is 0 Å². The molecule has 0 heterocycles. The largest absolute Gasteiger partial charge is 0.0776 e. The van der Waals surface area contributed by atoms with E-state index in [0.29, 0.717) is 0 Å². The predicted octanol–water partition coefficient (Wildman–Crippen LogP) is 5.69. The van der Waals surface area contributed by atoms with Gasteiger partial charge in [-0.05, 0) is 74.1 Å². The molecule has 0 fully saturated rings. The van der Waals surface area contributed by atoms with Crippen molar-refractivity contribution in [3.63, 3.8) is 0 Å². The van der Waals surface area contributed by atoms with Gasteiger partial charge in [-0.1, -0.05) is 55.5 Å². The Bertz CT molecular complexity index is 557. The smallest absolute Gasteiger partial charge is 0.0273 e. The zero-order chi connectivity index (χ0) is 13.8. The molecule has 0 N–H and O–H groups in total. The molecule has 0 atom stereocenters. The summed E-state index contributed by atoms with van der Waals surface area (Å²) >= 11 is 0. The molecule has 2 aliphatic rings. The summed E-state index contributed by atoms with van der Waals surface area (Å²) in [5, 5.41) is 0. The van der Waals surface area contributed by atoms with E-state index in [4.69, 9.17) is 0 Å². The van der Waals surface area contributed by atoms with Gasteiger partial charge in [0.05, 0.1) is 0 Å². The highest BCUT2D eigenvalue weighted by molar-refractivity contribution is 5.33. The maximum atomic E-state index is 2.34. The van der Waals surface area contributed by atoms with Crippen LogP contribution >= 0.6 is 0 Å². The summed E-state index contributed by atoms with van der Waals surface area (Å²) in [5.41, 5.74) is 7.72. The molecule has 0 spiro atoms. The Morgan fingerprint density at radius 2 is 1.14 bits per heavy atom. The van der Waals surface area contributed by atoms with Gasteiger partial charge >= 0.3 is 0 Å². The van der Waals surface area contributed by atoms with Gasteiger partial charge in [0.25, 0.3) is 0 Å². The zero-order valence-corrected chi connectivity index (χ0v) is 12.5. The van der Waals surface area contributed by atoms with Gasteiger partial charge < -0.3 is 0 Å². The van der Waals surface area contributed by atoms with E-state index >= 15 is 0 Å². The fourth-order valence-electron chi connectivity index (χ4n) is 3.38. The van der Waals surface area contributed by atoms with Crippen LogP contribution in [0.1, 0.15) is 54.5 Å². The second-order valence-corrected chi connectivity index (χ2v) is 6.10. The van der Waals surface area contributed by atoms with Crippen molar-refractivity contribution in [2.45, 2.75) is 59.3 Å². The Hall–Kier alpha value is -1.56.